The van der Waals surface area contributed by atoms with Crippen molar-refractivity contribution < 1.29 is 19.8 Å². The van der Waals surface area contributed by atoms with Crippen LogP contribution in [-0.2, 0) is 16.1 Å². The summed E-state index contributed by atoms with van der Waals surface area (Å²) in [4.78, 5) is 24.1. The van der Waals surface area contributed by atoms with Gasteiger partial charge in [0.1, 0.15) is 0 Å². The average Bonchev–Trinajstić information content (AvgIpc) is 2.35. The fraction of sp³-hybridized carbons (Fsp3) is 0.273. The molecule has 0 radical (unpaired) electrons. The summed E-state index contributed by atoms with van der Waals surface area (Å²) in [5.74, 6) is -2.04. The first-order valence-electron chi connectivity index (χ1n) is 5.27. The van der Waals surface area contributed by atoms with Gasteiger partial charge in [0.15, 0.2) is 11.5 Å². The minimum absolute atomic E-state index is 0.0196. The average molecular weight is 271 g/mol. The van der Waals surface area contributed by atoms with E-state index in [1.165, 1.54) is 17.0 Å². The maximum absolute atomic E-state index is 11.6. The Hall–Kier alpha value is -1.95. The number of phenols is 2. The van der Waals surface area contributed by atoms with Crippen molar-refractivity contribution in [2.45, 2.75) is 6.54 Å². The zero-order valence-electron chi connectivity index (χ0n) is 9.31. The second-order valence-corrected chi connectivity index (χ2v) is 4.27. The molecule has 6 nitrogen and oxygen atoms in total. The maximum atomic E-state index is 11.6. The summed E-state index contributed by atoms with van der Waals surface area (Å²) in [6, 6.07) is 2.78. The van der Waals surface area contributed by atoms with Crippen LogP contribution in [0.4, 0.5) is 0 Å². The van der Waals surface area contributed by atoms with E-state index in [-0.39, 0.29) is 17.3 Å². The number of amides is 2. The Bertz CT molecular complexity index is 518. The van der Waals surface area contributed by atoms with E-state index in [1.807, 2.05) is 0 Å². The second kappa shape index (κ2) is 4.73. The molecule has 1 aliphatic heterocycles. The van der Waals surface area contributed by atoms with Crippen molar-refractivity contribution in [3.05, 3.63) is 22.7 Å². The zero-order valence-corrected chi connectivity index (χ0v) is 10.1. The number of carbonyl (C=O) groups excluding carboxylic acids is 2. The first-order valence-corrected chi connectivity index (χ1v) is 5.65. The Labute approximate surface area is 108 Å². The molecule has 2 amide bonds. The van der Waals surface area contributed by atoms with Crippen LogP contribution in [-0.4, -0.2) is 40.0 Å². The van der Waals surface area contributed by atoms with Gasteiger partial charge in [-0.05, 0) is 11.6 Å². The minimum atomic E-state index is -0.652. The Morgan fingerprint density at radius 1 is 1.33 bits per heavy atom. The molecule has 0 spiro atoms. The van der Waals surface area contributed by atoms with E-state index in [0.29, 0.717) is 18.7 Å². The fourth-order valence-electron chi connectivity index (χ4n) is 1.70. The highest BCUT2D eigenvalue weighted by molar-refractivity contribution is 6.35. The van der Waals surface area contributed by atoms with E-state index >= 15 is 0 Å². The van der Waals surface area contributed by atoms with Crippen molar-refractivity contribution in [3.8, 4) is 11.5 Å². The van der Waals surface area contributed by atoms with Gasteiger partial charge < -0.3 is 20.4 Å². The lowest BCUT2D eigenvalue weighted by molar-refractivity contribution is -0.148. The molecule has 2 rings (SSSR count). The van der Waals surface area contributed by atoms with Gasteiger partial charge in [0, 0.05) is 19.6 Å². The summed E-state index contributed by atoms with van der Waals surface area (Å²) in [5.41, 5.74) is 0.468. The van der Waals surface area contributed by atoms with Gasteiger partial charge >= 0.3 is 11.8 Å². The number of nitrogens with zero attached hydrogens (tertiary/aromatic N) is 1. The number of carbonyl (C=O) groups is 2. The van der Waals surface area contributed by atoms with Crippen molar-refractivity contribution in [2.75, 3.05) is 13.1 Å². The van der Waals surface area contributed by atoms with Crippen LogP contribution < -0.4 is 5.32 Å². The molecule has 1 aromatic rings. The fourth-order valence-corrected chi connectivity index (χ4v) is 1.92. The number of hydrogen-bond donors (Lipinski definition) is 3. The summed E-state index contributed by atoms with van der Waals surface area (Å²) in [6.45, 7) is 0.869. The largest absolute Gasteiger partial charge is 0.504 e. The SMILES string of the molecule is O=C1NCCN(Cc2ccc(O)c(O)c2Cl)C1=O. The Morgan fingerprint density at radius 2 is 2.06 bits per heavy atom. The highest BCUT2D eigenvalue weighted by Gasteiger charge is 2.26. The van der Waals surface area contributed by atoms with E-state index in [2.05, 4.69) is 5.32 Å². The monoisotopic (exact) mass is 270 g/mol. The number of rotatable bonds is 2. The van der Waals surface area contributed by atoms with Crippen LogP contribution in [0.3, 0.4) is 0 Å². The molecule has 0 unspecified atom stereocenters. The Kier molecular flexibility index (Phi) is 3.29. The van der Waals surface area contributed by atoms with Crippen LogP contribution in [0.15, 0.2) is 12.1 Å². The third-order valence-corrected chi connectivity index (χ3v) is 3.11. The van der Waals surface area contributed by atoms with Crippen LogP contribution in [0, 0.1) is 0 Å². The van der Waals surface area contributed by atoms with Gasteiger partial charge in [-0.25, -0.2) is 0 Å². The molecule has 0 bridgehead atoms. The van der Waals surface area contributed by atoms with E-state index in [9.17, 15) is 19.8 Å². The van der Waals surface area contributed by atoms with Gasteiger partial charge in [-0.2, -0.15) is 0 Å². The molecule has 1 aliphatic rings. The third-order valence-electron chi connectivity index (χ3n) is 2.68. The summed E-state index contributed by atoms with van der Waals surface area (Å²) >= 11 is 5.85. The molecule has 0 atom stereocenters. The van der Waals surface area contributed by atoms with E-state index in [1.54, 1.807) is 0 Å². The quantitative estimate of drug-likeness (QED) is 0.529. The van der Waals surface area contributed by atoms with Gasteiger partial charge in [-0.1, -0.05) is 17.7 Å². The lowest BCUT2D eigenvalue weighted by atomic mass is 10.1. The molecule has 0 aliphatic carbocycles. The van der Waals surface area contributed by atoms with Crippen LogP contribution in [0.2, 0.25) is 5.02 Å². The van der Waals surface area contributed by atoms with Gasteiger partial charge in [0.05, 0.1) is 5.02 Å². The number of phenolic OH excluding ortho intramolecular Hbond substituents is 2. The van der Waals surface area contributed by atoms with Gasteiger partial charge in [-0.3, -0.25) is 9.59 Å². The number of piperazine rings is 1. The highest BCUT2D eigenvalue weighted by Crippen LogP contribution is 2.35. The standard InChI is InChI=1S/C11H11ClN2O4/c12-8-6(1-2-7(15)9(8)16)5-14-4-3-13-10(17)11(14)18/h1-2,15-16H,3-5H2,(H,13,17). The number of hydrogen-bond acceptors (Lipinski definition) is 4. The van der Waals surface area contributed by atoms with E-state index < -0.39 is 17.6 Å². The number of benzene rings is 1. The lowest BCUT2D eigenvalue weighted by Crippen LogP contribution is -2.51. The maximum Gasteiger partial charge on any atom is 0.312 e. The number of aromatic hydroxyl groups is 2. The summed E-state index contributed by atoms with van der Waals surface area (Å²) in [6.07, 6.45) is 0. The van der Waals surface area contributed by atoms with E-state index in [4.69, 9.17) is 11.6 Å². The van der Waals surface area contributed by atoms with Crippen molar-refractivity contribution in [2.24, 2.45) is 0 Å². The molecule has 18 heavy (non-hydrogen) atoms. The van der Waals surface area contributed by atoms with Crippen molar-refractivity contribution in [3.63, 3.8) is 0 Å². The Morgan fingerprint density at radius 3 is 2.78 bits per heavy atom. The van der Waals surface area contributed by atoms with Gasteiger partial charge in [0.2, 0.25) is 0 Å². The number of halogens is 1. The molecule has 96 valence electrons. The summed E-state index contributed by atoms with van der Waals surface area (Å²) in [7, 11) is 0. The van der Waals surface area contributed by atoms with Gasteiger partial charge in [-0.15, -0.1) is 0 Å². The lowest BCUT2D eigenvalue weighted by Gasteiger charge is -2.26. The highest BCUT2D eigenvalue weighted by atomic mass is 35.5. The van der Waals surface area contributed by atoms with Crippen molar-refractivity contribution in [1.29, 1.82) is 0 Å². The molecule has 1 saturated heterocycles. The van der Waals surface area contributed by atoms with Crippen LogP contribution in [0.25, 0.3) is 0 Å². The van der Waals surface area contributed by atoms with Crippen molar-refractivity contribution >= 4 is 23.4 Å². The minimum Gasteiger partial charge on any atom is -0.504 e. The number of nitrogens with one attached hydrogen (secondary N) is 1. The second-order valence-electron chi connectivity index (χ2n) is 3.89. The molecular weight excluding hydrogens is 260 g/mol. The van der Waals surface area contributed by atoms with E-state index in [0.717, 1.165) is 0 Å². The summed E-state index contributed by atoms with van der Waals surface area (Å²) in [5, 5.41) is 21.1. The van der Waals surface area contributed by atoms with Gasteiger partial charge in [0.25, 0.3) is 0 Å². The molecule has 7 heteroatoms. The molecular formula is C11H11ClN2O4. The predicted octanol–water partition coefficient (Wildman–Crippen LogP) is 0.210. The first kappa shape index (κ1) is 12.5. The smallest absolute Gasteiger partial charge is 0.312 e. The van der Waals surface area contributed by atoms with Crippen LogP contribution >= 0.6 is 11.6 Å². The summed E-state index contributed by atoms with van der Waals surface area (Å²) < 4.78 is 0. The molecule has 0 saturated carbocycles. The van der Waals surface area contributed by atoms with Crippen molar-refractivity contribution in [1.82, 2.24) is 10.2 Å². The normalized spacial score (nSPS) is 15.7. The predicted molar refractivity (Wildman–Crippen MR) is 63.2 cm³/mol. The van der Waals surface area contributed by atoms with Crippen LogP contribution in [0.1, 0.15) is 5.56 Å². The molecule has 1 heterocycles. The first-order chi connectivity index (χ1) is 8.50. The zero-order chi connectivity index (χ0) is 13.3. The molecule has 0 aromatic heterocycles. The molecule has 1 aromatic carbocycles. The molecule has 3 N–H and O–H groups in total. The topological polar surface area (TPSA) is 89.9 Å². The third kappa shape index (κ3) is 2.19. The Balaban J connectivity index is 2.22. The van der Waals surface area contributed by atoms with Crippen LogP contribution in [0.5, 0.6) is 11.5 Å². The molecule has 1 fully saturated rings.